The van der Waals surface area contributed by atoms with E-state index in [0.29, 0.717) is 0 Å². The van der Waals surface area contributed by atoms with Crippen molar-refractivity contribution in [1.82, 2.24) is 5.32 Å². The van der Waals surface area contributed by atoms with Crippen molar-refractivity contribution < 1.29 is 4.74 Å². The van der Waals surface area contributed by atoms with Gasteiger partial charge in [0.2, 0.25) is 0 Å². The molecule has 3 heteroatoms. The molecule has 0 bridgehead atoms. The summed E-state index contributed by atoms with van der Waals surface area (Å²) in [6.45, 7) is 6.18. The van der Waals surface area contributed by atoms with E-state index < -0.39 is 0 Å². The second-order valence-corrected chi connectivity index (χ2v) is 6.84. The summed E-state index contributed by atoms with van der Waals surface area (Å²) in [6.07, 6.45) is 4.41. The van der Waals surface area contributed by atoms with Crippen LogP contribution in [0.25, 0.3) is 0 Å². The minimum Gasteiger partial charge on any atom is -0.491 e. The molecule has 1 fully saturated rings. The van der Waals surface area contributed by atoms with Crippen molar-refractivity contribution in [3.05, 3.63) is 29.8 Å². The Morgan fingerprint density at radius 2 is 2.26 bits per heavy atom. The van der Waals surface area contributed by atoms with Crippen LogP contribution in [-0.2, 0) is 6.54 Å². The summed E-state index contributed by atoms with van der Waals surface area (Å²) < 4.78 is 5.72. The normalized spacial score (nSPS) is 19.6. The number of benzene rings is 1. The van der Waals surface area contributed by atoms with Gasteiger partial charge in [0.1, 0.15) is 5.75 Å². The lowest BCUT2D eigenvalue weighted by Gasteiger charge is -2.21. The van der Waals surface area contributed by atoms with Crippen molar-refractivity contribution in [1.29, 1.82) is 0 Å². The second-order valence-electron chi connectivity index (χ2n) is 5.43. The van der Waals surface area contributed by atoms with Crippen LogP contribution < -0.4 is 10.1 Å². The first-order valence-electron chi connectivity index (χ1n) is 7.32. The third-order valence-electron chi connectivity index (χ3n) is 3.25. The summed E-state index contributed by atoms with van der Waals surface area (Å²) in [4.78, 5) is 0. The zero-order chi connectivity index (χ0) is 13.5. The average Bonchev–Trinajstić information content (AvgIpc) is 2.40. The van der Waals surface area contributed by atoms with Crippen molar-refractivity contribution in [2.75, 3.05) is 12.3 Å². The maximum absolute atomic E-state index is 5.72. The lowest BCUT2D eigenvalue weighted by Crippen LogP contribution is -2.26. The van der Waals surface area contributed by atoms with Crippen LogP contribution in [0, 0.1) is 0 Å². The third-order valence-corrected chi connectivity index (χ3v) is 4.64. The Labute approximate surface area is 121 Å². The molecule has 1 aliphatic rings. The Hall–Kier alpha value is -0.670. The molecule has 1 aliphatic heterocycles. The predicted octanol–water partition coefficient (Wildman–Crippen LogP) is 3.85. The number of ether oxygens (including phenoxy) is 1. The molecule has 0 spiro atoms. The van der Waals surface area contributed by atoms with Crippen LogP contribution in [-0.4, -0.2) is 23.7 Å². The molecule has 1 N–H and O–H groups in total. The molecule has 1 atom stereocenters. The molecule has 0 radical (unpaired) electrons. The van der Waals surface area contributed by atoms with E-state index in [9.17, 15) is 0 Å². The van der Waals surface area contributed by atoms with Crippen LogP contribution >= 0.6 is 11.8 Å². The first kappa shape index (κ1) is 14.7. The van der Waals surface area contributed by atoms with Crippen LogP contribution in [0.4, 0.5) is 0 Å². The van der Waals surface area contributed by atoms with Crippen molar-refractivity contribution in [3.8, 4) is 5.75 Å². The van der Waals surface area contributed by atoms with Gasteiger partial charge < -0.3 is 10.1 Å². The van der Waals surface area contributed by atoms with Gasteiger partial charge in [0.15, 0.2) is 0 Å². The van der Waals surface area contributed by atoms with Gasteiger partial charge in [-0.25, -0.2) is 0 Å². The third kappa shape index (κ3) is 5.45. The highest BCUT2D eigenvalue weighted by atomic mass is 32.2. The van der Waals surface area contributed by atoms with Gasteiger partial charge in [-0.2, -0.15) is 11.8 Å². The zero-order valence-electron chi connectivity index (χ0n) is 12.0. The van der Waals surface area contributed by atoms with Gasteiger partial charge in [-0.05, 0) is 50.1 Å². The number of thioether (sulfide) groups is 1. The smallest absolute Gasteiger partial charge is 0.120 e. The molecule has 1 unspecified atom stereocenters. The van der Waals surface area contributed by atoms with Gasteiger partial charge in [0, 0.05) is 18.3 Å². The molecule has 0 aliphatic carbocycles. The summed E-state index contributed by atoms with van der Waals surface area (Å²) in [7, 11) is 0. The molecule has 0 saturated carbocycles. The quantitative estimate of drug-likeness (QED) is 0.854. The lowest BCUT2D eigenvalue weighted by molar-refractivity contribution is 0.242. The fourth-order valence-corrected chi connectivity index (χ4v) is 3.62. The SMILES string of the molecule is CC(C)Oc1cccc(CNCC2CCCCS2)c1. The summed E-state index contributed by atoms with van der Waals surface area (Å²) in [6, 6.07) is 8.40. The van der Waals surface area contributed by atoms with E-state index in [2.05, 4.69) is 49.1 Å². The average molecular weight is 279 g/mol. The first-order valence-corrected chi connectivity index (χ1v) is 8.37. The number of rotatable bonds is 6. The summed E-state index contributed by atoms with van der Waals surface area (Å²) in [5, 5.41) is 4.38. The molecule has 2 rings (SSSR count). The highest BCUT2D eigenvalue weighted by Gasteiger charge is 2.12. The molecule has 1 aromatic carbocycles. The van der Waals surface area contributed by atoms with Crippen LogP contribution in [0.1, 0.15) is 38.7 Å². The Morgan fingerprint density at radius 3 is 3.00 bits per heavy atom. The molecule has 2 nitrogen and oxygen atoms in total. The fraction of sp³-hybridized carbons (Fsp3) is 0.625. The molecule has 106 valence electrons. The van der Waals surface area contributed by atoms with Gasteiger partial charge in [-0.15, -0.1) is 0 Å². The van der Waals surface area contributed by atoms with E-state index >= 15 is 0 Å². The van der Waals surface area contributed by atoms with Crippen molar-refractivity contribution >= 4 is 11.8 Å². The summed E-state index contributed by atoms with van der Waals surface area (Å²) in [5.41, 5.74) is 1.30. The standard InChI is InChI=1S/C16H25NOS/c1-13(2)18-15-7-5-6-14(10-15)11-17-12-16-8-3-4-9-19-16/h5-7,10,13,16-17H,3-4,8-9,11-12H2,1-2H3. The van der Waals surface area contributed by atoms with E-state index in [1.165, 1.54) is 30.6 Å². The predicted molar refractivity (Wildman–Crippen MR) is 84.0 cm³/mol. The Balaban J connectivity index is 1.75. The maximum Gasteiger partial charge on any atom is 0.120 e. The molecule has 1 aromatic rings. The molecule has 0 amide bonds. The minimum atomic E-state index is 0.238. The minimum absolute atomic E-state index is 0.238. The van der Waals surface area contributed by atoms with E-state index in [1.807, 2.05) is 6.07 Å². The van der Waals surface area contributed by atoms with E-state index in [0.717, 1.165) is 24.1 Å². The molecule has 1 heterocycles. The van der Waals surface area contributed by atoms with Gasteiger partial charge in [0.05, 0.1) is 6.10 Å². The van der Waals surface area contributed by atoms with Gasteiger partial charge >= 0.3 is 0 Å². The lowest BCUT2D eigenvalue weighted by atomic mass is 10.1. The van der Waals surface area contributed by atoms with Crippen molar-refractivity contribution in [2.24, 2.45) is 0 Å². The number of hydrogen-bond donors (Lipinski definition) is 1. The Bertz CT molecular complexity index is 375. The molecular formula is C16H25NOS. The number of hydrogen-bond acceptors (Lipinski definition) is 3. The topological polar surface area (TPSA) is 21.3 Å². The highest BCUT2D eigenvalue weighted by Crippen LogP contribution is 2.24. The fourth-order valence-electron chi connectivity index (χ4n) is 2.35. The van der Waals surface area contributed by atoms with Gasteiger partial charge in [-0.3, -0.25) is 0 Å². The van der Waals surface area contributed by atoms with E-state index in [-0.39, 0.29) is 6.10 Å². The number of nitrogens with one attached hydrogen (secondary N) is 1. The van der Waals surface area contributed by atoms with Crippen LogP contribution in [0.2, 0.25) is 0 Å². The molecule has 1 saturated heterocycles. The van der Waals surface area contributed by atoms with Crippen LogP contribution in [0.3, 0.4) is 0 Å². The van der Waals surface area contributed by atoms with Crippen LogP contribution in [0.5, 0.6) is 5.75 Å². The van der Waals surface area contributed by atoms with Crippen molar-refractivity contribution in [3.63, 3.8) is 0 Å². The molecule has 19 heavy (non-hydrogen) atoms. The zero-order valence-corrected chi connectivity index (χ0v) is 12.8. The van der Waals surface area contributed by atoms with Gasteiger partial charge in [0.25, 0.3) is 0 Å². The second kappa shape index (κ2) is 7.81. The first-order chi connectivity index (χ1) is 9.24. The Morgan fingerprint density at radius 1 is 1.37 bits per heavy atom. The van der Waals surface area contributed by atoms with Crippen LogP contribution in [0.15, 0.2) is 24.3 Å². The molecule has 0 aromatic heterocycles. The largest absolute Gasteiger partial charge is 0.491 e. The summed E-state index contributed by atoms with van der Waals surface area (Å²) >= 11 is 2.12. The summed E-state index contributed by atoms with van der Waals surface area (Å²) in [5.74, 6) is 2.31. The monoisotopic (exact) mass is 279 g/mol. The van der Waals surface area contributed by atoms with E-state index in [4.69, 9.17) is 4.74 Å². The highest BCUT2D eigenvalue weighted by molar-refractivity contribution is 7.99. The Kier molecular flexibility index (Phi) is 6.05. The van der Waals surface area contributed by atoms with Crippen molar-refractivity contribution in [2.45, 2.75) is 51.0 Å². The van der Waals surface area contributed by atoms with E-state index in [1.54, 1.807) is 0 Å². The maximum atomic E-state index is 5.72. The van der Waals surface area contributed by atoms with Gasteiger partial charge in [-0.1, -0.05) is 18.6 Å². The molecular weight excluding hydrogens is 254 g/mol.